The van der Waals surface area contributed by atoms with Crippen molar-refractivity contribution < 1.29 is 28.2 Å². The molecule has 1 fully saturated rings. The Kier molecular flexibility index (Phi) is 8.61. The number of rotatable bonds is 10. The van der Waals surface area contributed by atoms with Crippen molar-refractivity contribution in [3.8, 4) is 5.75 Å². The van der Waals surface area contributed by atoms with Gasteiger partial charge in [0.2, 0.25) is 0 Å². The number of benzene rings is 2. The second-order valence-electron chi connectivity index (χ2n) is 8.95. The van der Waals surface area contributed by atoms with Gasteiger partial charge in [0.15, 0.2) is 0 Å². The molecular formula is C28H30F2N2O4. The summed E-state index contributed by atoms with van der Waals surface area (Å²) in [6, 6.07) is 11.0. The zero-order valence-corrected chi connectivity index (χ0v) is 20.1. The fourth-order valence-corrected chi connectivity index (χ4v) is 4.66. The Morgan fingerprint density at radius 1 is 1.22 bits per heavy atom. The number of carboxylic acid groups (broad SMARTS) is 1. The molecule has 0 spiro atoms. The summed E-state index contributed by atoms with van der Waals surface area (Å²) in [5.41, 5.74) is 2.21. The molecule has 0 amide bonds. The van der Waals surface area contributed by atoms with Crippen LogP contribution >= 0.6 is 0 Å². The van der Waals surface area contributed by atoms with Crippen molar-refractivity contribution in [2.24, 2.45) is 0 Å². The van der Waals surface area contributed by atoms with Crippen LogP contribution in [0.1, 0.15) is 36.8 Å². The Morgan fingerprint density at radius 2 is 2.08 bits per heavy atom. The molecule has 0 radical (unpaired) electrons. The summed E-state index contributed by atoms with van der Waals surface area (Å²) in [5.74, 6) is -1.15. The molecule has 4 rings (SSSR count). The van der Waals surface area contributed by atoms with Gasteiger partial charge < -0.3 is 19.9 Å². The number of nitrogens with zero attached hydrogens (tertiary/aromatic N) is 1. The molecule has 2 heterocycles. The summed E-state index contributed by atoms with van der Waals surface area (Å²) >= 11 is 0. The number of aromatic nitrogens is 1. The number of fused-ring (bicyclic) bond motifs is 1. The predicted octanol–water partition coefficient (Wildman–Crippen LogP) is 5.15. The molecule has 0 aliphatic carbocycles. The van der Waals surface area contributed by atoms with Crippen molar-refractivity contribution in [2.75, 3.05) is 13.7 Å². The first-order valence-corrected chi connectivity index (χ1v) is 12.1. The van der Waals surface area contributed by atoms with Gasteiger partial charge in [-0.05, 0) is 73.7 Å². The van der Waals surface area contributed by atoms with Crippen LogP contribution < -0.4 is 10.1 Å². The van der Waals surface area contributed by atoms with Crippen molar-refractivity contribution in [3.63, 3.8) is 0 Å². The zero-order chi connectivity index (χ0) is 25.5. The lowest BCUT2D eigenvalue weighted by atomic mass is 9.93. The smallest absolute Gasteiger partial charge is 0.306 e. The third kappa shape index (κ3) is 6.65. The minimum absolute atomic E-state index is 0.0573. The van der Waals surface area contributed by atoms with Gasteiger partial charge in [-0.2, -0.15) is 0 Å². The molecule has 0 unspecified atom stereocenters. The number of ether oxygens (including phenoxy) is 2. The summed E-state index contributed by atoms with van der Waals surface area (Å²) in [7, 11) is 1.63. The van der Waals surface area contributed by atoms with E-state index in [-0.39, 0.29) is 24.1 Å². The van der Waals surface area contributed by atoms with Crippen LogP contribution in [0.3, 0.4) is 0 Å². The van der Waals surface area contributed by atoms with E-state index < -0.39 is 23.7 Å². The van der Waals surface area contributed by atoms with Crippen molar-refractivity contribution in [1.29, 1.82) is 0 Å². The maximum Gasteiger partial charge on any atom is 0.306 e. The molecule has 0 bridgehead atoms. The number of aliphatic carboxylic acids is 1. The van der Waals surface area contributed by atoms with Crippen molar-refractivity contribution in [2.45, 2.75) is 50.4 Å². The number of methoxy groups -OCH3 is 1. The largest absolute Gasteiger partial charge is 0.497 e. The van der Waals surface area contributed by atoms with E-state index in [1.165, 1.54) is 6.08 Å². The maximum atomic E-state index is 13.8. The first-order valence-electron chi connectivity index (χ1n) is 12.1. The van der Waals surface area contributed by atoms with Gasteiger partial charge in [-0.3, -0.25) is 9.78 Å². The van der Waals surface area contributed by atoms with E-state index in [2.05, 4.69) is 10.3 Å². The number of pyridine rings is 1. The Hall–Kier alpha value is -3.36. The average molecular weight is 497 g/mol. The fraction of sp³-hybridized carbons (Fsp3) is 0.357. The highest BCUT2D eigenvalue weighted by Crippen LogP contribution is 2.28. The van der Waals surface area contributed by atoms with Gasteiger partial charge in [0, 0.05) is 29.7 Å². The average Bonchev–Trinajstić information content (AvgIpc) is 2.87. The minimum Gasteiger partial charge on any atom is -0.497 e. The van der Waals surface area contributed by atoms with E-state index in [0.29, 0.717) is 6.54 Å². The summed E-state index contributed by atoms with van der Waals surface area (Å²) in [6.45, 7) is 0.385. The highest BCUT2D eigenvalue weighted by Gasteiger charge is 2.32. The maximum absolute atomic E-state index is 13.8. The molecule has 1 aromatic heterocycles. The van der Waals surface area contributed by atoms with Crippen LogP contribution in [0.2, 0.25) is 0 Å². The standard InChI is InChI=1S/C28H30F2N2O4/c1-35-22-8-10-25-23(16-22)18(12-14-32-25)4-6-21-7-11-26(27(36-21)17-28(33)34)31-13-2-3-19-15-20(29)5-9-24(19)30/h2-3,5,8-10,12,14-16,21,26-27,31H,4,6-7,11,13,17H2,1H3,(H,33,34)/b3-2+/t21-,26-,27-/m1/s1. The van der Waals surface area contributed by atoms with Crippen molar-refractivity contribution >= 4 is 22.9 Å². The van der Waals surface area contributed by atoms with Crippen LogP contribution in [0.5, 0.6) is 5.75 Å². The monoisotopic (exact) mass is 496 g/mol. The number of nitrogens with one attached hydrogen (secondary N) is 1. The molecule has 0 saturated carbocycles. The van der Waals surface area contributed by atoms with E-state index in [1.807, 2.05) is 24.3 Å². The summed E-state index contributed by atoms with van der Waals surface area (Å²) in [5, 5.41) is 13.7. The van der Waals surface area contributed by atoms with Gasteiger partial charge >= 0.3 is 5.97 Å². The Morgan fingerprint density at radius 3 is 2.89 bits per heavy atom. The number of aryl methyl sites for hydroxylation is 1. The normalized spacial score (nSPS) is 20.1. The first kappa shape index (κ1) is 25.7. The molecule has 36 heavy (non-hydrogen) atoms. The summed E-state index contributed by atoms with van der Waals surface area (Å²) in [4.78, 5) is 15.9. The second kappa shape index (κ2) is 12.1. The third-order valence-electron chi connectivity index (χ3n) is 6.52. The lowest BCUT2D eigenvalue weighted by Gasteiger charge is -2.36. The molecule has 190 valence electrons. The summed E-state index contributed by atoms with van der Waals surface area (Å²) < 4.78 is 38.7. The van der Waals surface area contributed by atoms with Crippen LogP contribution in [-0.2, 0) is 16.0 Å². The quantitative estimate of drug-likeness (QED) is 0.404. The van der Waals surface area contributed by atoms with E-state index in [1.54, 1.807) is 19.4 Å². The van der Waals surface area contributed by atoms with Crippen LogP contribution in [0.4, 0.5) is 8.78 Å². The fourth-order valence-electron chi connectivity index (χ4n) is 4.66. The minimum atomic E-state index is -0.919. The molecule has 8 heteroatoms. The molecular weight excluding hydrogens is 466 g/mol. The van der Waals surface area contributed by atoms with Crippen LogP contribution in [0.15, 0.2) is 54.7 Å². The predicted molar refractivity (Wildman–Crippen MR) is 134 cm³/mol. The Labute approximate surface area is 209 Å². The van der Waals surface area contributed by atoms with Gasteiger partial charge in [-0.25, -0.2) is 8.78 Å². The van der Waals surface area contributed by atoms with Gasteiger partial charge in [0.1, 0.15) is 17.4 Å². The molecule has 1 aliphatic heterocycles. The number of hydrogen-bond acceptors (Lipinski definition) is 5. The highest BCUT2D eigenvalue weighted by molar-refractivity contribution is 5.83. The van der Waals surface area contributed by atoms with Gasteiger partial charge in [-0.1, -0.05) is 12.2 Å². The lowest BCUT2D eigenvalue weighted by molar-refractivity contribution is -0.145. The Balaban J connectivity index is 1.35. The van der Waals surface area contributed by atoms with Crippen LogP contribution in [-0.4, -0.2) is 48.0 Å². The SMILES string of the molecule is COc1ccc2nccc(CC[C@@H]3CC[C@@H](NC/C=C/c4cc(F)ccc4F)[C@@H](CC(=O)O)O3)c2c1. The second-order valence-corrected chi connectivity index (χ2v) is 8.95. The lowest BCUT2D eigenvalue weighted by Crippen LogP contribution is -2.48. The Bertz CT molecular complexity index is 1230. The molecule has 6 nitrogen and oxygen atoms in total. The van der Waals surface area contributed by atoms with Gasteiger partial charge in [0.05, 0.1) is 31.3 Å². The zero-order valence-electron chi connectivity index (χ0n) is 20.1. The number of carboxylic acids is 1. The van der Waals surface area contributed by atoms with Crippen LogP contribution in [0, 0.1) is 11.6 Å². The highest BCUT2D eigenvalue weighted by atomic mass is 19.1. The molecule has 2 aromatic carbocycles. The number of hydrogen-bond donors (Lipinski definition) is 2. The topological polar surface area (TPSA) is 80.7 Å². The molecule has 2 N–H and O–H groups in total. The summed E-state index contributed by atoms with van der Waals surface area (Å²) in [6.07, 6.45) is 7.46. The van der Waals surface area contributed by atoms with E-state index in [9.17, 15) is 18.7 Å². The van der Waals surface area contributed by atoms with Crippen LogP contribution in [0.25, 0.3) is 17.0 Å². The number of halogens is 2. The first-order chi connectivity index (χ1) is 17.4. The number of carbonyl (C=O) groups is 1. The molecule has 1 aliphatic rings. The van der Waals surface area contributed by atoms with E-state index in [4.69, 9.17) is 9.47 Å². The molecule has 3 atom stereocenters. The third-order valence-corrected chi connectivity index (χ3v) is 6.52. The molecule has 1 saturated heterocycles. The molecule has 3 aromatic rings. The van der Waals surface area contributed by atoms with Crippen molar-refractivity contribution in [3.05, 3.63) is 77.5 Å². The van der Waals surface area contributed by atoms with Crippen molar-refractivity contribution in [1.82, 2.24) is 10.3 Å². The van der Waals surface area contributed by atoms with E-state index >= 15 is 0 Å². The van der Waals surface area contributed by atoms with Gasteiger partial charge in [0.25, 0.3) is 0 Å². The van der Waals surface area contributed by atoms with Gasteiger partial charge in [-0.15, -0.1) is 0 Å². The van der Waals surface area contributed by atoms with E-state index in [0.717, 1.165) is 66.1 Å².